The topological polar surface area (TPSA) is 572 Å². The fraction of sp³-hybridized carbons (Fsp3) is 0.960. The monoisotopic (exact) mass is 1590 g/mol. The number of unbranched alkanes of at least 4 members (excludes halogenated alkanes) is 28. The lowest BCUT2D eigenvalue weighted by Crippen LogP contribution is -2.72. The van der Waals surface area contributed by atoms with Gasteiger partial charge in [0.15, 0.2) is 25.2 Å². The number of ether oxygens (including phenoxy) is 10. The van der Waals surface area contributed by atoms with Gasteiger partial charge in [-0.25, -0.2) is 4.79 Å². The van der Waals surface area contributed by atoms with Crippen LogP contribution in [0.15, 0.2) is 0 Å². The van der Waals surface area contributed by atoms with Gasteiger partial charge in [-0.05, 0) is 12.8 Å². The molecule has 5 fully saturated rings. The molecule has 5 aliphatic heterocycles. The summed E-state index contributed by atoms with van der Waals surface area (Å²) in [5.74, 6) is -7.34. The Morgan fingerprint density at radius 3 is 1.36 bits per heavy atom. The number of carboxylic acid groups (broad SMARTS) is 1. The zero-order valence-corrected chi connectivity index (χ0v) is 64.6. The fourth-order valence-electron chi connectivity index (χ4n) is 15.0. The van der Waals surface area contributed by atoms with Crippen LogP contribution in [0, 0.1) is 0 Å². The molecule has 0 aromatic carbocycles. The highest BCUT2D eigenvalue weighted by atomic mass is 16.8. The third kappa shape index (κ3) is 30.0. The smallest absolute Gasteiger partial charge is 0.364 e. The summed E-state index contributed by atoms with van der Waals surface area (Å²) in [4.78, 5) is 40.3. The van der Waals surface area contributed by atoms with E-state index in [4.69, 9.17) is 47.4 Å². The highest BCUT2D eigenvalue weighted by Crippen LogP contribution is 2.42. The molecule has 646 valence electrons. The van der Waals surface area contributed by atoms with Crippen molar-refractivity contribution < 1.29 is 164 Å². The molecule has 0 aromatic heterocycles. The Morgan fingerprint density at radius 2 is 0.882 bits per heavy atom. The average Bonchev–Trinajstić information content (AvgIpc) is 0.770. The van der Waals surface area contributed by atoms with Crippen LogP contribution in [0.25, 0.3) is 0 Å². The van der Waals surface area contributed by atoms with Gasteiger partial charge in [0.2, 0.25) is 11.8 Å². The molecule has 22 N–H and O–H groups in total. The Balaban J connectivity index is 1.24. The van der Waals surface area contributed by atoms with Gasteiger partial charge in [-0.3, -0.25) is 9.59 Å². The second kappa shape index (κ2) is 52.1. The molecule has 35 nitrogen and oxygen atoms in total. The Hall–Kier alpha value is -2.75. The average molecular weight is 1600 g/mol. The van der Waals surface area contributed by atoms with Crippen molar-refractivity contribution in [3.8, 4) is 0 Å². The van der Waals surface area contributed by atoms with Gasteiger partial charge in [0.05, 0.1) is 63.9 Å². The lowest BCUT2D eigenvalue weighted by atomic mass is 9.87. The highest BCUT2D eigenvalue weighted by molar-refractivity contribution is 5.80. The van der Waals surface area contributed by atoms with Crippen LogP contribution in [0.4, 0.5) is 0 Å². The zero-order valence-electron chi connectivity index (χ0n) is 64.6. The van der Waals surface area contributed by atoms with Crippen LogP contribution in [-0.4, -0.2) is 343 Å². The summed E-state index contributed by atoms with van der Waals surface area (Å²) in [7, 11) is 0. The van der Waals surface area contributed by atoms with Crippen LogP contribution in [0.2, 0.25) is 0 Å². The zero-order chi connectivity index (χ0) is 81.0. The summed E-state index contributed by atoms with van der Waals surface area (Å²) in [6.07, 6.45) is -21.6. The van der Waals surface area contributed by atoms with Gasteiger partial charge in [-0.15, -0.1) is 0 Å². The van der Waals surface area contributed by atoms with Crippen molar-refractivity contribution in [1.82, 2.24) is 10.6 Å². The minimum atomic E-state index is -3.37. The van der Waals surface area contributed by atoms with Gasteiger partial charge in [0.25, 0.3) is 5.79 Å². The van der Waals surface area contributed by atoms with Crippen LogP contribution in [-0.2, 0) is 61.8 Å². The SMILES string of the molecule is CCCCCCCCCCCCCCCCCCCCCC[C@@H](O)C(=O)N[C@@H](CO[C@@H]1OC(CO)[C@@H](O[C@@H]2OC(CO)[C@H](O[C@]3(C(=O)O)C[C@@H](O[C@@H]4OC(CO)[C@H](O)C(O[C@@H]5O[C@@H](C(O)CO)C(O)C5O)C4O)[C@@H](NC(C)=O)C(C(O)C(O)CO)O3)C(O)C2O)C(O)C1O)[C@H](O)[C@H](O)CCCCCCCCCCCC. The molecule has 35 heteroatoms. The third-order valence-corrected chi connectivity index (χ3v) is 21.7. The van der Waals surface area contributed by atoms with Crippen molar-refractivity contribution in [1.29, 1.82) is 0 Å². The Labute approximate surface area is 645 Å². The fourth-order valence-corrected chi connectivity index (χ4v) is 15.0. The number of carbonyl (C=O) groups is 3. The Morgan fingerprint density at radius 1 is 0.455 bits per heavy atom. The molecule has 5 heterocycles. The van der Waals surface area contributed by atoms with Gasteiger partial charge in [-0.2, -0.15) is 0 Å². The van der Waals surface area contributed by atoms with Crippen molar-refractivity contribution in [3.05, 3.63) is 0 Å². The first-order valence-electron chi connectivity index (χ1n) is 40.6. The number of aliphatic hydroxyl groups excluding tert-OH is 19. The maximum atomic E-state index is 13.8. The van der Waals surface area contributed by atoms with Crippen molar-refractivity contribution in [2.24, 2.45) is 0 Å². The van der Waals surface area contributed by atoms with E-state index in [0.717, 1.165) is 77.6 Å². The number of carboxylic acids is 1. The molecule has 2 amide bonds. The van der Waals surface area contributed by atoms with Crippen molar-refractivity contribution in [2.75, 3.05) is 39.6 Å². The van der Waals surface area contributed by atoms with E-state index in [-0.39, 0.29) is 12.8 Å². The summed E-state index contributed by atoms with van der Waals surface area (Å²) in [5, 5.41) is 225. The minimum absolute atomic E-state index is 0.0970. The summed E-state index contributed by atoms with van der Waals surface area (Å²) in [6.45, 7) is -0.899. The number of aliphatic carboxylic acids is 1. The molecule has 0 saturated carbocycles. The van der Waals surface area contributed by atoms with Gasteiger partial charge in [0, 0.05) is 13.3 Å². The standard InChI is InChI=1S/C75H138N2O33/c1-4-6-8-10-12-14-16-17-18-19-20-21-22-23-24-25-27-29-31-33-35-46(85)69(98)77-44(54(88)45(84)34-32-30-28-26-15-13-11-9-7-5-2)42-101-70-60(94)58(92)65(51(40-81)104-70)107-71-62(96)59(93)66(52(41-82)105-71)109-75(74(99)100)36-49(53(76-43(3)83)67(110-75)55(89)47(86)37-78)102-73-63(97)68(56(90)50(39-80)103-73)108-72-61(95)57(91)64(106-72)48(87)38-79/h44-68,70-73,78-82,84-97H,4-42H2,1-3H3,(H,76,83)(H,77,98)(H,99,100)/t44-,45+,46+,47?,48?,49+,50?,51?,52?,53+,54-,55?,56-,57?,58?,59?,60?,61?,62?,63?,64-,65+,66-,67?,68?,70+,71-,72-,73+,75+/m0/s1. The van der Waals surface area contributed by atoms with Crippen LogP contribution >= 0.6 is 0 Å². The number of aliphatic hydroxyl groups is 19. The largest absolute Gasteiger partial charge is 0.477 e. The summed E-state index contributed by atoms with van der Waals surface area (Å²) < 4.78 is 58.1. The number of carbonyl (C=O) groups excluding carboxylic acids is 2. The molecular weight excluding hydrogens is 1460 g/mol. The van der Waals surface area contributed by atoms with Crippen LogP contribution in [0.5, 0.6) is 0 Å². The number of amides is 2. The Kier molecular flexibility index (Phi) is 46.4. The number of nitrogens with one attached hydrogen (secondary N) is 2. The quantitative estimate of drug-likeness (QED) is 0.0309. The molecule has 15 unspecified atom stereocenters. The molecule has 0 radical (unpaired) electrons. The first-order chi connectivity index (χ1) is 52.7. The first-order valence-corrected chi connectivity index (χ1v) is 40.6. The molecule has 0 aromatic rings. The molecule has 0 bridgehead atoms. The molecule has 0 aliphatic carbocycles. The van der Waals surface area contributed by atoms with Crippen LogP contribution in [0.1, 0.15) is 233 Å². The van der Waals surface area contributed by atoms with Gasteiger partial charge >= 0.3 is 5.97 Å². The number of rotatable bonds is 57. The predicted molar refractivity (Wildman–Crippen MR) is 388 cm³/mol. The van der Waals surface area contributed by atoms with Gasteiger partial charge in [-0.1, -0.05) is 206 Å². The van der Waals surface area contributed by atoms with E-state index in [9.17, 15) is 117 Å². The molecule has 5 rings (SSSR count). The molecule has 110 heavy (non-hydrogen) atoms. The van der Waals surface area contributed by atoms with E-state index in [0.29, 0.717) is 12.8 Å². The third-order valence-electron chi connectivity index (χ3n) is 21.7. The van der Waals surface area contributed by atoms with E-state index in [1.165, 1.54) is 109 Å². The second-order valence-corrected chi connectivity index (χ2v) is 30.6. The lowest BCUT2D eigenvalue weighted by Gasteiger charge is -2.52. The van der Waals surface area contributed by atoms with Gasteiger partial charge in [0.1, 0.15) is 128 Å². The molecular formula is C75H138N2O33. The van der Waals surface area contributed by atoms with E-state index in [2.05, 4.69) is 24.5 Å². The lowest BCUT2D eigenvalue weighted by molar-refractivity contribution is -0.392. The van der Waals surface area contributed by atoms with Crippen LogP contribution in [0.3, 0.4) is 0 Å². The van der Waals surface area contributed by atoms with Crippen molar-refractivity contribution in [3.63, 3.8) is 0 Å². The summed E-state index contributed by atoms with van der Waals surface area (Å²) in [5.41, 5.74) is 0. The summed E-state index contributed by atoms with van der Waals surface area (Å²) >= 11 is 0. The van der Waals surface area contributed by atoms with E-state index in [1.54, 1.807) is 0 Å². The molecule has 30 atom stereocenters. The van der Waals surface area contributed by atoms with E-state index in [1.807, 2.05) is 0 Å². The maximum absolute atomic E-state index is 13.8. The number of hydrogen-bond donors (Lipinski definition) is 22. The van der Waals surface area contributed by atoms with E-state index < -0.39 is 247 Å². The molecule has 5 aliphatic rings. The molecule has 5 saturated heterocycles. The predicted octanol–water partition coefficient (Wildman–Crippen LogP) is -1.46. The van der Waals surface area contributed by atoms with Crippen LogP contribution < -0.4 is 10.6 Å². The van der Waals surface area contributed by atoms with Crippen molar-refractivity contribution >= 4 is 17.8 Å². The van der Waals surface area contributed by atoms with E-state index >= 15 is 0 Å². The normalized spacial score (nSPS) is 34.1. The van der Waals surface area contributed by atoms with Crippen molar-refractivity contribution in [2.45, 2.75) is 416 Å². The highest BCUT2D eigenvalue weighted by Gasteiger charge is 2.62. The number of hydrogen-bond acceptors (Lipinski definition) is 32. The summed E-state index contributed by atoms with van der Waals surface area (Å²) in [6, 6.07) is -3.33. The minimum Gasteiger partial charge on any atom is -0.477 e. The first kappa shape index (κ1) is 97.8. The second-order valence-electron chi connectivity index (χ2n) is 30.6. The molecule has 0 spiro atoms. The Bertz CT molecular complexity index is 2470. The van der Waals surface area contributed by atoms with Gasteiger partial charge < -0.3 is 160 Å². The maximum Gasteiger partial charge on any atom is 0.364 e.